The molecule has 1 amide bonds. The Morgan fingerprint density at radius 2 is 1.39 bits per heavy atom. The molecule has 5 aromatic rings. The highest BCUT2D eigenvalue weighted by molar-refractivity contribution is 9.10. The van der Waals surface area contributed by atoms with Gasteiger partial charge in [0.25, 0.3) is 0 Å². The van der Waals surface area contributed by atoms with Gasteiger partial charge >= 0.3 is 6.09 Å². The van der Waals surface area contributed by atoms with Crippen molar-refractivity contribution < 1.29 is 19.1 Å². The molecule has 0 radical (unpaired) electrons. The number of ketones is 1. The summed E-state index contributed by atoms with van der Waals surface area (Å²) in [7, 11) is 1.65. The molecule has 0 aliphatic heterocycles. The Labute approximate surface area is 278 Å². The second kappa shape index (κ2) is 14.2. The van der Waals surface area contributed by atoms with Crippen LogP contribution < -0.4 is 10.1 Å². The lowest BCUT2D eigenvalue weighted by atomic mass is 9.76. The molecule has 0 aliphatic rings. The third-order valence-electron chi connectivity index (χ3n) is 7.70. The van der Waals surface area contributed by atoms with Crippen LogP contribution in [0.2, 0.25) is 0 Å². The highest BCUT2D eigenvalue weighted by Crippen LogP contribution is 2.41. The molecule has 0 unspecified atom stereocenters. The van der Waals surface area contributed by atoms with Crippen LogP contribution in [0.4, 0.5) is 4.79 Å². The van der Waals surface area contributed by atoms with E-state index in [9.17, 15) is 9.59 Å². The minimum absolute atomic E-state index is 0.143. The molecule has 0 aliphatic carbocycles. The van der Waals surface area contributed by atoms with Gasteiger partial charge in [-0.25, -0.2) is 9.78 Å². The summed E-state index contributed by atoms with van der Waals surface area (Å²) >= 11 is 3.45. The van der Waals surface area contributed by atoms with Gasteiger partial charge in [-0.2, -0.15) is 0 Å². The Morgan fingerprint density at radius 3 is 1.93 bits per heavy atom. The maximum Gasteiger partial charge on any atom is 0.408 e. The number of aromatic nitrogens is 2. The molecule has 0 spiro atoms. The lowest BCUT2D eigenvalue weighted by molar-refractivity contribution is -0.120. The van der Waals surface area contributed by atoms with Gasteiger partial charge in [-0.15, -0.1) is 0 Å². The van der Waals surface area contributed by atoms with Gasteiger partial charge in [-0.05, 0) is 67.3 Å². The van der Waals surface area contributed by atoms with Crippen LogP contribution in [-0.4, -0.2) is 40.2 Å². The first-order valence-electron chi connectivity index (χ1n) is 15.1. The Bertz CT molecular complexity index is 1710. The zero-order chi connectivity index (χ0) is 32.7. The largest absolute Gasteiger partial charge is 0.497 e. The van der Waals surface area contributed by atoms with E-state index >= 15 is 0 Å². The molecule has 0 bridgehead atoms. The Kier molecular flexibility index (Phi) is 10.1. The van der Waals surface area contributed by atoms with Crippen LogP contribution in [0.1, 0.15) is 48.7 Å². The first-order chi connectivity index (χ1) is 22.1. The number of methoxy groups -OCH3 is 1. The standard InChI is InChI=1S/C38H38BrN3O4/c1-37(2,3)46-36(44)41-34(35(43)23-27-15-19-31(39)20-16-27)24-32-25-42(26-40-32)38(28-11-7-5-8-12-28,29-13-9-6-10-14-29)30-17-21-33(45-4)22-18-30/h5-22,25-26,34H,23-24H2,1-4H3,(H,41,44)/t34-/m0/s1. The molecule has 1 aromatic heterocycles. The topological polar surface area (TPSA) is 82.4 Å². The van der Waals surface area contributed by atoms with Crippen molar-refractivity contribution in [2.24, 2.45) is 0 Å². The summed E-state index contributed by atoms with van der Waals surface area (Å²) in [5, 5.41) is 2.83. The number of hydrogen-bond acceptors (Lipinski definition) is 5. The number of rotatable bonds is 11. The SMILES string of the molecule is COc1ccc(C(c2ccccc2)(c2ccccc2)n2cnc(C[C@H](NC(=O)OC(C)(C)C)C(=O)Cc3ccc(Br)cc3)c2)cc1. The number of hydrogen-bond donors (Lipinski definition) is 1. The molecule has 0 saturated carbocycles. The summed E-state index contributed by atoms with van der Waals surface area (Å²) in [6.07, 6.45) is 3.44. The van der Waals surface area contributed by atoms with E-state index in [0.29, 0.717) is 5.69 Å². The van der Waals surface area contributed by atoms with Crippen molar-refractivity contribution in [3.8, 4) is 5.75 Å². The molecule has 4 aromatic carbocycles. The molecule has 1 N–H and O–H groups in total. The van der Waals surface area contributed by atoms with Crippen LogP contribution in [0, 0.1) is 0 Å². The minimum atomic E-state index is -0.856. The van der Waals surface area contributed by atoms with Crippen molar-refractivity contribution in [2.45, 2.75) is 50.8 Å². The molecule has 1 heterocycles. The summed E-state index contributed by atoms with van der Waals surface area (Å²) in [4.78, 5) is 31.4. The number of ether oxygens (including phenoxy) is 2. The summed E-state index contributed by atoms with van der Waals surface area (Å²) < 4.78 is 14.0. The third-order valence-corrected chi connectivity index (χ3v) is 8.23. The molecule has 0 saturated heterocycles. The average molecular weight is 681 g/mol. The predicted molar refractivity (Wildman–Crippen MR) is 183 cm³/mol. The quantitative estimate of drug-likeness (QED) is 0.144. The number of alkyl carbamates (subject to hydrolysis) is 1. The molecular weight excluding hydrogens is 642 g/mol. The van der Waals surface area contributed by atoms with Crippen molar-refractivity contribution in [1.29, 1.82) is 0 Å². The van der Waals surface area contributed by atoms with Crippen LogP contribution in [-0.2, 0) is 27.9 Å². The van der Waals surface area contributed by atoms with Gasteiger partial charge < -0.3 is 19.4 Å². The van der Waals surface area contributed by atoms with E-state index in [1.807, 2.05) is 79.0 Å². The predicted octanol–water partition coefficient (Wildman–Crippen LogP) is 7.74. The highest BCUT2D eigenvalue weighted by atomic mass is 79.9. The lowest BCUT2D eigenvalue weighted by Gasteiger charge is -2.37. The van der Waals surface area contributed by atoms with Gasteiger partial charge in [0.15, 0.2) is 5.78 Å². The first-order valence-corrected chi connectivity index (χ1v) is 15.9. The Balaban J connectivity index is 1.57. The number of benzene rings is 4. The second-order valence-corrected chi connectivity index (χ2v) is 13.0. The van der Waals surface area contributed by atoms with E-state index in [1.165, 1.54) is 0 Å². The fourth-order valence-electron chi connectivity index (χ4n) is 5.62. The van der Waals surface area contributed by atoms with Crippen LogP contribution in [0.15, 0.2) is 126 Å². The number of amides is 1. The van der Waals surface area contributed by atoms with Crippen LogP contribution in [0.3, 0.4) is 0 Å². The van der Waals surface area contributed by atoms with Crippen molar-refractivity contribution in [1.82, 2.24) is 14.9 Å². The van der Waals surface area contributed by atoms with Gasteiger partial charge in [0.1, 0.15) is 16.9 Å². The van der Waals surface area contributed by atoms with E-state index < -0.39 is 23.3 Å². The molecule has 1 atom stereocenters. The van der Waals surface area contributed by atoms with Crippen molar-refractivity contribution in [3.05, 3.63) is 154 Å². The van der Waals surface area contributed by atoms with Crippen molar-refractivity contribution >= 4 is 27.8 Å². The van der Waals surface area contributed by atoms with E-state index in [1.54, 1.807) is 34.2 Å². The zero-order valence-electron chi connectivity index (χ0n) is 26.4. The number of halogens is 1. The van der Waals surface area contributed by atoms with E-state index in [0.717, 1.165) is 32.5 Å². The maximum atomic E-state index is 13.7. The Hall–Kier alpha value is -4.69. The zero-order valence-corrected chi connectivity index (χ0v) is 28.0. The van der Waals surface area contributed by atoms with E-state index in [4.69, 9.17) is 14.5 Å². The number of Topliss-reactive ketones (excluding diaryl/α,β-unsaturated/α-hetero) is 1. The molecular formula is C38H38BrN3O4. The molecule has 0 fully saturated rings. The average Bonchev–Trinajstić information content (AvgIpc) is 3.51. The van der Waals surface area contributed by atoms with Gasteiger partial charge in [-0.3, -0.25) is 4.79 Å². The fourth-order valence-corrected chi connectivity index (χ4v) is 5.89. The number of nitrogens with zero attached hydrogens (tertiary/aromatic N) is 2. The minimum Gasteiger partial charge on any atom is -0.497 e. The van der Waals surface area contributed by atoms with Crippen LogP contribution in [0.5, 0.6) is 5.75 Å². The molecule has 8 heteroatoms. The smallest absolute Gasteiger partial charge is 0.408 e. The fraction of sp³-hybridized carbons (Fsp3) is 0.237. The lowest BCUT2D eigenvalue weighted by Crippen LogP contribution is -2.45. The van der Waals surface area contributed by atoms with Crippen LogP contribution in [0.25, 0.3) is 0 Å². The van der Waals surface area contributed by atoms with E-state index in [-0.39, 0.29) is 18.6 Å². The Morgan fingerprint density at radius 1 is 0.826 bits per heavy atom. The molecule has 7 nitrogen and oxygen atoms in total. The van der Waals surface area contributed by atoms with Crippen molar-refractivity contribution in [2.75, 3.05) is 7.11 Å². The maximum absolute atomic E-state index is 13.7. The summed E-state index contributed by atoms with van der Waals surface area (Å²) in [5.74, 6) is 0.612. The molecule has 5 rings (SSSR count). The number of carbonyl (C=O) groups excluding carboxylic acids is 2. The number of carbonyl (C=O) groups is 2. The number of imidazole rings is 1. The second-order valence-electron chi connectivity index (χ2n) is 12.1. The molecule has 236 valence electrons. The third kappa shape index (κ3) is 7.57. The van der Waals surface area contributed by atoms with Gasteiger partial charge in [-0.1, -0.05) is 101 Å². The highest BCUT2D eigenvalue weighted by Gasteiger charge is 2.39. The van der Waals surface area contributed by atoms with Gasteiger partial charge in [0.05, 0.1) is 25.2 Å². The monoisotopic (exact) mass is 679 g/mol. The summed E-state index contributed by atoms with van der Waals surface area (Å²) in [6, 6.07) is 35.3. The van der Waals surface area contributed by atoms with Crippen LogP contribution >= 0.6 is 15.9 Å². The molecule has 46 heavy (non-hydrogen) atoms. The van der Waals surface area contributed by atoms with Gasteiger partial charge in [0.2, 0.25) is 0 Å². The first kappa shape index (κ1) is 32.7. The van der Waals surface area contributed by atoms with Gasteiger partial charge in [0, 0.05) is 23.5 Å². The van der Waals surface area contributed by atoms with E-state index in [2.05, 4.69) is 62.2 Å². The number of nitrogens with one attached hydrogen (secondary N) is 1. The summed E-state index contributed by atoms with van der Waals surface area (Å²) in [5.41, 5.74) is 3.06. The summed E-state index contributed by atoms with van der Waals surface area (Å²) in [6.45, 7) is 5.37. The van der Waals surface area contributed by atoms with Crippen molar-refractivity contribution in [3.63, 3.8) is 0 Å². The normalized spacial score (nSPS) is 12.3.